The number of carboxylic acid groups (broad SMARTS) is 1. The van der Waals surface area contributed by atoms with Crippen molar-refractivity contribution in [3.63, 3.8) is 0 Å². The predicted octanol–water partition coefficient (Wildman–Crippen LogP) is 3.06. The van der Waals surface area contributed by atoms with Crippen molar-refractivity contribution in [1.82, 2.24) is 5.32 Å². The van der Waals surface area contributed by atoms with Crippen molar-refractivity contribution < 1.29 is 14.6 Å². The molecule has 1 aliphatic rings. The third kappa shape index (κ3) is 3.09. The van der Waals surface area contributed by atoms with E-state index in [2.05, 4.69) is 5.32 Å². The SMILES string of the molecule is CC(NCC1CCCO1)(C(=O)O)c1cccc(Cl)c1Cl. The van der Waals surface area contributed by atoms with Crippen molar-refractivity contribution in [2.75, 3.05) is 13.2 Å². The molecule has 0 aliphatic carbocycles. The zero-order valence-corrected chi connectivity index (χ0v) is 12.7. The van der Waals surface area contributed by atoms with Crippen molar-refractivity contribution in [3.8, 4) is 0 Å². The van der Waals surface area contributed by atoms with Gasteiger partial charge in [-0.3, -0.25) is 5.32 Å². The molecule has 1 aromatic rings. The molecule has 20 heavy (non-hydrogen) atoms. The Hall–Kier alpha value is -0.810. The van der Waals surface area contributed by atoms with Gasteiger partial charge in [0.2, 0.25) is 0 Å². The molecule has 0 bridgehead atoms. The van der Waals surface area contributed by atoms with E-state index in [9.17, 15) is 9.90 Å². The second kappa shape index (κ2) is 6.31. The number of hydrogen-bond donors (Lipinski definition) is 2. The Morgan fingerprint density at radius 1 is 1.55 bits per heavy atom. The van der Waals surface area contributed by atoms with Crippen molar-refractivity contribution in [2.45, 2.75) is 31.4 Å². The van der Waals surface area contributed by atoms with E-state index in [1.54, 1.807) is 25.1 Å². The summed E-state index contributed by atoms with van der Waals surface area (Å²) in [5.41, 5.74) is -0.842. The minimum absolute atomic E-state index is 0.0478. The molecule has 0 amide bonds. The number of benzene rings is 1. The van der Waals surface area contributed by atoms with Gasteiger partial charge in [-0.25, -0.2) is 4.79 Å². The Kier molecular flexibility index (Phi) is 4.91. The lowest BCUT2D eigenvalue weighted by atomic mass is 9.91. The highest BCUT2D eigenvalue weighted by atomic mass is 35.5. The molecule has 1 aliphatic heterocycles. The third-order valence-electron chi connectivity index (χ3n) is 3.63. The first-order chi connectivity index (χ1) is 9.45. The average molecular weight is 318 g/mol. The van der Waals surface area contributed by atoms with Crippen LogP contribution in [0.2, 0.25) is 10.0 Å². The first kappa shape index (κ1) is 15.6. The third-order valence-corrected chi connectivity index (χ3v) is 4.44. The van der Waals surface area contributed by atoms with Crippen LogP contribution in [0.3, 0.4) is 0 Å². The number of rotatable bonds is 5. The number of carbonyl (C=O) groups is 1. The van der Waals surface area contributed by atoms with Gasteiger partial charge >= 0.3 is 5.97 Å². The fourth-order valence-electron chi connectivity index (χ4n) is 2.30. The highest BCUT2D eigenvalue weighted by molar-refractivity contribution is 6.42. The maximum atomic E-state index is 11.7. The Balaban J connectivity index is 2.23. The molecule has 2 atom stereocenters. The van der Waals surface area contributed by atoms with E-state index in [4.69, 9.17) is 27.9 Å². The quantitative estimate of drug-likeness (QED) is 0.876. The summed E-state index contributed by atoms with van der Waals surface area (Å²) >= 11 is 12.1. The van der Waals surface area contributed by atoms with Gasteiger partial charge in [-0.05, 0) is 25.8 Å². The van der Waals surface area contributed by atoms with Crippen molar-refractivity contribution in [2.24, 2.45) is 0 Å². The minimum atomic E-state index is -1.30. The fourth-order valence-corrected chi connectivity index (χ4v) is 2.79. The van der Waals surface area contributed by atoms with Gasteiger partial charge in [0.1, 0.15) is 5.54 Å². The fraction of sp³-hybridized carbons (Fsp3) is 0.500. The monoisotopic (exact) mass is 317 g/mol. The van der Waals surface area contributed by atoms with Gasteiger partial charge in [0, 0.05) is 18.7 Å². The van der Waals surface area contributed by atoms with Crippen molar-refractivity contribution >= 4 is 29.2 Å². The van der Waals surface area contributed by atoms with Gasteiger partial charge in [0.25, 0.3) is 0 Å². The Morgan fingerprint density at radius 3 is 2.90 bits per heavy atom. The van der Waals surface area contributed by atoms with Crippen LogP contribution in [0.25, 0.3) is 0 Å². The first-order valence-electron chi connectivity index (χ1n) is 6.49. The maximum absolute atomic E-state index is 11.7. The molecule has 1 aromatic carbocycles. The summed E-state index contributed by atoms with van der Waals surface area (Å²) in [7, 11) is 0. The number of ether oxygens (including phenoxy) is 1. The second-order valence-corrected chi connectivity index (χ2v) is 5.83. The standard InChI is InChI=1S/C14H17Cl2NO3/c1-14(13(18)19,17-8-9-4-3-7-20-9)10-5-2-6-11(15)12(10)16/h2,5-6,9,17H,3-4,7-8H2,1H3,(H,18,19). The van der Waals surface area contributed by atoms with E-state index in [-0.39, 0.29) is 11.1 Å². The summed E-state index contributed by atoms with van der Waals surface area (Å²) in [4.78, 5) is 11.7. The molecule has 2 N–H and O–H groups in total. The summed E-state index contributed by atoms with van der Waals surface area (Å²) in [5.74, 6) is -1.00. The maximum Gasteiger partial charge on any atom is 0.328 e. The predicted molar refractivity (Wildman–Crippen MR) is 78.4 cm³/mol. The normalized spacial score (nSPS) is 21.6. The van der Waals surface area contributed by atoms with E-state index in [1.807, 2.05) is 0 Å². The van der Waals surface area contributed by atoms with E-state index in [0.717, 1.165) is 19.4 Å². The first-order valence-corrected chi connectivity index (χ1v) is 7.25. The summed E-state index contributed by atoms with van der Waals surface area (Å²) in [5, 5.41) is 13.2. The molecule has 6 heteroatoms. The van der Waals surface area contributed by atoms with Crippen LogP contribution in [-0.4, -0.2) is 30.3 Å². The van der Waals surface area contributed by atoms with Gasteiger partial charge < -0.3 is 9.84 Å². The Labute approximate surface area is 128 Å². The summed E-state index contributed by atoms with van der Waals surface area (Å²) in [6.45, 7) is 2.78. The lowest BCUT2D eigenvalue weighted by Gasteiger charge is -2.29. The summed E-state index contributed by atoms with van der Waals surface area (Å²) in [6.07, 6.45) is 1.99. The average Bonchev–Trinajstić information content (AvgIpc) is 2.92. The molecular weight excluding hydrogens is 301 g/mol. The molecule has 1 saturated heterocycles. The zero-order chi connectivity index (χ0) is 14.8. The van der Waals surface area contributed by atoms with Gasteiger partial charge in [0.05, 0.1) is 16.1 Å². The van der Waals surface area contributed by atoms with Crippen LogP contribution >= 0.6 is 23.2 Å². The minimum Gasteiger partial charge on any atom is -0.480 e. The van der Waals surface area contributed by atoms with Gasteiger partial charge in [-0.2, -0.15) is 0 Å². The largest absolute Gasteiger partial charge is 0.480 e. The molecule has 2 unspecified atom stereocenters. The number of aliphatic carboxylic acids is 1. The van der Waals surface area contributed by atoms with Crippen LogP contribution in [0, 0.1) is 0 Å². The molecule has 4 nitrogen and oxygen atoms in total. The van der Waals surface area contributed by atoms with Crippen LogP contribution in [0.4, 0.5) is 0 Å². The molecule has 0 saturated carbocycles. The van der Waals surface area contributed by atoms with Crippen LogP contribution in [-0.2, 0) is 15.1 Å². The van der Waals surface area contributed by atoms with E-state index < -0.39 is 11.5 Å². The smallest absolute Gasteiger partial charge is 0.328 e. The van der Waals surface area contributed by atoms with E-state index in [0.29, 0.717) is 17.1 Å². The number of halogens is 2. The molecule has 110 valence electrons. The second-order valence-electron chi connectivity index (χ2n) is 5.05. The Morgan fingerprint density at radius 2 is 2.30 bits per heavy atom. The molecule has 0 aromatic heterocycles. The molecular formula is C14H17Cl2NO3. The van der Waals surface area contributed by atoms with Crippen LogP contribution < -0.4 is 5.32 Å². The lowest BCUT2D eigenvalue weighted by molar-refractivity contribution is -0.144. The van der Waals surface area contributed by atoms with E-state index >= 15 is 0 Å². The number of carboxylic acids is 1. The van der Waals surface area contributed by atoms with Gasteiger partial charge in [-0.15, -0.1) is 0 Å². The van der Waals surface area contributed by atoms with Gasteiger partial charge in [0.15, 0.2) is 0 Å². The highest BCUT2D eigenvalue weighted by Gasteiger charge is 2.37. The summed E-state index contributed by atoms with van der Waals surface area (Å²) in [6, 6.07) is 5.00. The number of nitrogens with one attached hydrogen (secondary N) is 1. The Bertz CT molecular complexity index is 503. The molecule has 1 heterocycles. The highest BCUT2D eigenvalue weighted by Crippen LogP contribution is 2.33. The van der Waals surface area contributed by atoms with Crippen molar-refractivity contribution in [1.29, 1.82) is 0 Å². The van der Waals surface area contributed by atoms with Gasteiger partial charge in [-0.1, -0.05) is 35.3 Å². The summed E-state index contributed by atoms with van der Waals surface area (Å²) < 4.78 is 5.50. The molecule has 0 radical (unpaired) electrons. The van der Waals surface area contributed by atoms with Crippen LogP contribution in [0.15, 0.2) is 18.2 Å². The zero-order valence-electron chi connectivity index (χ0n) is 11.2. The van der Waals surface area contributed by atoms with Crippen LogP contribution in [0.1, 0.15) is 25.3 Å². The topological polar surface area (TPSA) is 58.6 Å². The molecule has 1 fully saturated rings. The molecule has 0 spiro atoms. The van der Waals surface area contributed by atoms with Crippen molar-refractivity contribution in [3.05, 3.63) is 33.8 Å². The van der Waals surface area contributed by atoms with E-state index in [1.165, 1.54) is 0 Å². The number of hydrogen-bond acceptors (Lipinski definition) is 3. The molecule has 2 rings (SSSR count). The lowest BCUT2D eigenvalue weighted by Crippen LogP contribution is -2.49. The van der Waals surface area contributed by atoms with Crippen LogP contribution in [0.5, 0.6) is 0 Å².